The minimum atomic E-state index is 0.775. The van der Waals surface area contributed by atoms with Crippen LogP contribution >= 0.6 is 27.5 Å². The lowest BCUT2D eigenvalue weighted by Crippen LogP contribution is -2.14. The smallest absolute Gasteiger partial charge is 0.0417 e. The lowest BCUT2D eigenvalue weighted by atomic mass is 10.2. The molecule has 0 heterocycles. The van der Waals surface area contributed by atoms with Crippen molar-refractivity contribution in [3.05, 3.63) is 33.3 Å². The Kier molecular flexibility index (Phi) is 6.30. The minimum Gasteiger partial charge on any atom is -0.313 e. The molecule has 0 aliphatic carbocycles. The number of rotatable bonds is 6. The molecule has 0 bridgehead atoms. The molecule has 0 aliphatic rings. The number of unbranched alkanes of at least 4 members (excludes halogenated alkanes) is 2. The van der Waals surface area contributed by atoms with Crippen molar-refractivity contribution in [3.63, 3.8) is 0 Å². The zero-order valence-corrected chi connectivity index (χ0v) is 11.4. The molecule has 1 N–H and O–H groups in total. The van der Waals surface area contributed by atoms with Crippen molar-refractivity contribution in [1.82, 2.24) is 5.32 Å². The molecule has 1 nitrogen and oxygen atoms in total. The van der Waals surface area contributed by atoms with E-state index in [-0.39, 0.29) is 0 Å². The van der Waals surface area contributed by atoms with Crippen LogP contribution in [0.25, 0.3) is 0 Å². The van der Waals surface area contributed by atoms with Gasteiger partial charge in [-0.15, -0.1) is 0 Å². The average molecular weight is 291 g/mol. The van der Waals surface area contributed by atoms with Gasteiger partial charge in [0, 0.05) is 16.0 Å². The Morgan fingerprint density at radius 1 is 1.33 bits per heavy atom. The van der Waals surface area contributed by atoms with Gasteiger partial charge in [0.05, 0.1) is 0 Å². The largest absolute Gasteiger partial charge is 0.313 e. The molecule has 0 aliphatic heterocycles. The highest BCUT2D eigenvalue weighted by Crippen LogP contribution is 2.21. The minimum absolute atomic E-state index is 0.775. The van der Waals surface area contributed by atoms with Gasteiger partial charge in [-0.05, 0) is 30.7 Å². The summed E-state index contributed by atoms with van der Waals surface area (Å²) in [5.74, 6) is 0. The van der Waals surface area contributed by atoms with Gasteiger partial charge < -0.3 is 5.32 Å². The van der Waals surface area contributed by atoms with Crippen LogP contribution in [0.15, 0.2) is 22.7 Å². The van der Waals surface area contributed by atoms with E-state index in [9.17, 15) is 0 Å². The van der Waals surface area contributed by atoms with E-state index in [1.807, 2.05) is 12.1 Å². The quantitative estimate of drug-likeness (QED) is 0.767. The van der Waals surface area contributed by atoms with Gasteiger partial charge in [0.1, 0.15) is 0 Å². The molecule has 0 spiro atoms. The van der Waals surface area contributed by atoms with Crippen molar-refractivity contribution in [3.8, 4) is 0 Å². The fourth-order valence-corrected chi connectivity index (χ4v) is 2.21. The summed E-state index contributed by atoms with van der Waals surface area (Å²) in [5.41, 5.74) is 1.26. The van der Waals surface area contributed by atoms with Crippen LogP contribution in [0.3, 0.4) is 0 Å². The van der Waals surface area contributed by atoms with Gasteiger partial charge in [-0.25, -0.2) is 0 Å². The molecule has 0 saturated heterocycles. The summed E-state index contributed by atoms with van der Waals surface area (Å²) in [6.07, 6.45) is 3.82. The van der Waals surface area contributed by atoms with Crippen molar-refractivity contribution in [2.24, 2.45) is 0 Å². The Labute approximate surface area is 105 Å². The van der Waals surface area contributed by atoms with Crippen LogP contribution in [-0.4, -0.2) is 6.54 Å². The molecule has 1 rings (SSSR count). The summed E-state index contributed by atoms with van der Waals surface area (Å²) >= 11 is 9.37. The first-order chi connectivity index (χ1) is 7.24. The molecule has 15 heavy (non-hydrogen) atoms. The van der Waals surface area contributed by atoms with Crippen molar-refractivity contribution in [1.29, 1.82) is 0 Å². The summed E-state index contributed by atoms with van der Waals surface area (Å²) in [6, 6.07) is 5.92. The highest BCUT2D eigenvalue weighted by atomic mass is 79.9. The molecule has 84 valence electrons. The molecule has 1 aromatic rings. The first kappa shape index (κ1) is 13.0. The maximum absolute atomic E-state index is 5.87. The van der Waals surface area contributed by atoms with E-state index in [4.69, 9.17) is 11.6 Å². The maximum Gasteiger partial charge on any atom is 0.0417 e. The van der Waals surface area contributed by atoms with Crippen molar-refractivity contribution >= 4 is 27.5 Å². The Hall–Kier alpha value is -0.0500. The summed E-state index contributed by atoms with van der Waals surface area (Å²) in [7, 11) is 0. The van der Waals surface area contributed by atoms with Crippen molar-refractivity contribution in [2.75, 3.05) is 6.54 Å². The normalized spacial score (nSPS) is 10.6. The summed E-state index contributed by atoms with van der Waals surface area (Å²) in [4.78, 5) is 0. The Morgan fingerprint density at radius 2 is 2.13 bits per heavy atom. The Morgan fingerprint density at radius 3 is 2.80 bits per heavy atom. The molecular weight excluding hydrogens is 273 g/mol. The van der Waals surface area contributed by atoms with E-state index in [1.165, 1.54) is 24.8 Å². The topological polar surface area (TPSA) is 12.0 Å². The van der Waals surface area contributed by atoms with Crippen LogP contribution in [0, 0.1) is 0 Å². The van der Waals surface area contributed by atoms with E-state index < -0.39 is 0 Å². The van der Waals surface area contributed by atoms with Crippen LogP contribution in [0.4, 0.5) is 0 Å². The van der Waals surface area contributed by atoms with Gasteiger partial charge in [0.2, 0.25) is 0 Å². The second-order valence-electron chi connectivity index (χ2n) is 3.62. The number of nitrogens with one attached hydrogen (secondary N) is 1. The van der Waals surface area contributed by atoms with Gasteiger partial charge >= 0.3 is 0 Å². The number of hydrogen-bond donors (Lipinski definition) is 1. The SMILES string of the molecule is CCCCCNCc1ccc(Cl)cc1Br. The Bertz CT molecular complexity index is 302. The second kappa shape index (κ2) is 7.26. The molecule has 0 fully saturated rings. The van der Waals surface area contributed by atoms with E-state index >= 15 is 0 Å². The van der Waals surface area contributed by atoms with E-state index in [0.29, 0.717) is 0 Å². The van der Waals surface area contributed by atoms with E-state index in [2.05, 4.69) is 34.2 Å². The highest BCUT2D eigenvalue weighted by molar-refractivity contribution is 9.10. The van der Waals surface area contributed by atoms with Gasteiger partial charge in [0.15, 0.2) is 0 Å². The van der Waals surface area contributed by atoms with Gasteiger partial charge in [-0.1, -0.05) is 53.4 Å². The predicted molar refractivity (Wildman–Crippen MR) is 70.4 cm³/mol. The molecule has 3 heteroatoms. The van der Waals surface area contributed by atoms with Crippen molar-refractivity contribution < 1.29 is 0 Å². The van der Waals surface area contributed by atoms with Gasteiger partial charge in [0.25, 0.3) is 0 Å². The zero-order valence-electron chi connectivity index (χ0n) is 9.02. The van der Waals surface area contributed by atoms with Crippen molar-refractivity contribution in [2.45, 2.75) is 32.7 Å². The molecule has 0 aromatic heterocycles. The lowest BCUT2D eigenvalue weighted by Gasteiger charge is -2.06. The van der Waals surface area contributed by atoms with Crippen LogP contribution in [0.5, 0.6) is 0 Å². The van der Waals surface area contributed by atoms with Crippen LogP contribution in [-0.2, 0) is 6.54 Å². The predicted octanol–water partition coefficient (Wildman–Crippen LogP) is 4.38. The summed E-state index contributed by atoms with van der Waals surface area (Å²) < 4.78 is 1.08. The first-order valence-corrected chi connectivity index (χ1v) is 6.55. The van der Waals surface area contributed by atoms with Crippen LogP contribution in [0.1, 0.15) is 31.7 Å². The number of hydrogen-bond acceptors (Lipinski definition) is 1. The molecule has 0 saturated carbocycles. The third kappa shape index (κ3) is 5.01. The highest BCUT2D eigenvalue weighted by Gasteiger charge is 1.99. The fourth-order valence-electron chi connectivity index (χ4n) is 1.39. The average Bonchev–Trinajstić information content (AvgIpc) is 2.20. The third-order valence-electron chi connectivity index (χ3n) is 2.29. The summed E-state index contributed by atoms with van der Waals surface area (Å²) in [6.45, 7) is 4.21. The van der Waals surface area contributed by atoms with E-state index in [1.54, 1.807) is 0 Å². The second-order valence-corrected chi connectivity index (χ2v) is 4.91. The van der Waals surface area contributed by atoms with Gasteiger partial charge in [-0.2, -0.15) is 0 Å². The first-order valence-electron chi connectivity index (χ1n) is 5.38. The Balaban J connectivity index is 2.31. The monoisotopic (exact) mass is 289 g/mol. The molecule has 1 aromatic carbocycles. The van der Waals surface area contributed by atoms with Gasteiger partial charge in [-0.3, -0.25) is 0 Å². The molecule has 0 amide bonds. The third-order valence-corrected chi connectivity index (χ3v) is 3.26. The maximum atomic E-state index is 5.87. The molecule has 0 radical (unpaired) electrons. The molecule has 0 atom stereocenters. The lowest BCUT2D eigenvalue weighted by molar-refractivity contribution is 0.616. The zero-order chi connectivity index (χ0) is 11.1. The molecular formula is C12H17BrClN. The molecule has 0 unspecified atom stereocenters. The summed E-state index contributed by atoms with van der Waals surface area (Å²) in [5, 5.41) is 4.20. The standard InChI is InChI=1S/C12H17BrClN/c1-2-3-4-7-15-9-10-5-6-11(14)8-12(10)13/h5-6,8,15H,2-4,7,9H2,1H3. The van der Waals surface area contributed by atoms with Crippen LogP contribution < -0.4 is 5.32 Å². The van der Waals surface area contributed by atoms with Crippen LogP contribution in [0.2, 0.25) is 5.02 Å². The fraction of sp³-hybridized carbons (Fsp3) is 0.500. The van der Waals surface area contributed by atoms with E-state index in [0.717, 1.165) is 22.6 Å². The number of halogens is 2. The number of benzene rings is 1.